The number of rotatable bonds is 5. The molecule has 16 heavy (non-hydrogen) atoms. The molecule has 0 fully saturated rings. The summed E-state index contributed by atoms with van der Waals surface area (Å²) in [5.74, 6) is -1.19. The highest BCUT2D eigenvalue weighted by Crippen LogP contribution is 2.18. The number of carbonyl (C=O) groups is 2. The van der Waals surface area contributed by atoms with Crippen LogP contribution in [-0.2, 0) is 4.79 Å². The first-order chi connectivity index (χ1) is 7.54. The monoisotopic (exact) mass is 302 g/mol. The van der Waals surface area contributed by atoms with E-state index < -0.39 is 10.8 Å². The number of hydrogen-bond acceptors (Lipinski definition) is 3. The Labute approximate surface area is 106 Å². The summed E-state index contributed by atoms with van der Waals surface area (Å²) in [7, 11) is 0. The van der Waals surface area contributed by atoms with Crippen molar-refractivity contribution in [3.8, 4) is 0 Å². The molecule has 3 nitrogen and oxygen atoms in total. The number of alkyl halides is 1. The molecule has 0 aliphatic carbocycles. The smallest absolute Gasteiger partial charge is 0.304 e. The molecule has 0 radical (unpaired) electrons. The molecule has 0 aromatic heterocycles. The molecule has 1 atom stereocenters. The van der Waals surface area contributed by atoms with Crippen LogP contribution < -0.4 is 0 Å². The molecule has 1 rings (SSSR count). The van der Waals surface area contributed by atoms with Crippen molar-refractivity contribution in [2.45, 2.75) is 16.1 Å². The van der Waals surface area contributed by atoms with Crippen molar-refractivity contribution in [2.75, 3.05) is 6.26 Å². The van der Waals surface area contributed by atoms with Crippen LogP contribution in [0, 0.1) is 0 Å². The molecule has 0 spiro atoms. The zero-order valence-electron chi connectivity index (χ0n) is 8.64. The molecule has 0 aliphatic rings. The first-order valence-corrected chi connectivity index (χ1v) is 6.72. The minimum Gasteiger partial charge on any atom is -0.481 e. The molecule has 0 heterocycles. The summed E-state index contributed by atoms with van der Waals surface area (Å²) in [6.07, 6.45) is 1.75. The number of Topliss-reactive ketones (excluding diaryl/α,β-unsaturated/α-hetero) is 1. The van der Waals surface area contributed by atoms with Gasteiger partial charge < -0.3 is 5.11 Å². The number of halogens is 1. The zero-order valence-corrected chi connectivity index (χ0v) is 11.0. The molecule has 0 aliphatic heterocycles. The standard InChI is InChI=1S/C11H11BrO3S/c1-16-8-4-2-7(3-5-8)11(15)9(12)6-10(13)14/h2-5,9H,6H2,1H3,(H,13,14). The lowest BCUT2D eigenvalue weighted by molar-refractivity contribution is -0.136. The quantitative estimate of drug-likeness (QED) is 0.516. The van der Waals surface area contributed by atoms with Crippen LogP contribution in [0.2, 0.25) is 0 Å². The molecule has 86 valence electrons. The number of aliphatic carboxylic acids is 1. The van der Waals surface area contributed by atoms with Gasteiger partial charge in [-0.2, -0.15) is 0 Å². The number of carbonyl (C=O) groups excluding carboxylic acids is 1. The average Bonchev–Trinajstić information content (AvgIpc) is 2.27. The van der Waals surface area contributed by atoms with Gasteiger partial charge in [-0.1, -0.05) is 28.1 Å². The Hall–Kier alpha value is -0.810. The molecule has 0 bridgehead atoms. The van der Waals surface area contributed by atoms with Crippen LogP contribution in [-0.4, -0.2) is 27.9 Å². The van der Waals surface area contributed by atoms with Crippen LogP contribution in [0.5, 0.6) is 0 Å². The highest BCUT2D eigenvalue weighted by Gasteiger charge is 2.19. The number of benzene rings is 1. The Balaban J connectivity index is 2.75. The van der Waals surface area contributed by atoms with E-state index in [0.717, 1.165) is 4.90 Å². The molecule has 1 aromatic carbocycles. The summed E-state index contributed by atoms with van der Waals surface area (Å²) in [6.45, 7) is 0. The van der Waals surface area contributed by atoms with Crippen LogP contribution in [0.25, 0.3) is 0 Å². The van der Waals surface area contributed by atoms with Gasteiger partial charge in [0.25, 0.3) is 0 Å². The van der Waals surface area contributed by atoms with Gasteiger partial charge in [0.05, 0.1) is 11.2 Å². The molecule has 0 saturated carbocycles. The van der Waals surface area contributed by atoms with Crippen molar-refractivity contribution in [1.29, 1.82) is 0 Å². The number of ketones is 1. The predicted molar refractivity (Wildman–Crippen MR) is 67.5 cm³/mol. The predicted octanol–water partition coefficient (Wildman–Crippen LogP) is 2.83. The lowest BCUT2D eigenvalue weighted by atomic mass is 10.1. The molecule has 0 saturated heterocycles. The topological polar surface area (TPSA) is 54.4 Å². The van der Waals surface area contributed by atoms with Gasteiger partial charge in [0.2, 0.25) is 0 Å². The lowest BCUT2D eigenvalue weighted by Crippen LogP contribution is -2.18. The third kappa shape index (κ3) is 3.64. The van der Waals surface area contributed by atoms with E-state index in [9.17, 15) is 9.59 Å². The van der Waals surface area contributed by atoms with Crippen molar-refractivity contribution < 1.29 is 14.7 Å². The second-order valence-electron chi connectivity index (χ2n) is 3.16. The molecule has 0 amide bonds. The molecule has 1 N–H and O–H groups in total. The zero-order chi connectivity index (χ0) is 12.1. The Morgan fingerprint density at radius 2 is 1.94 bits per heavy atom. The van der Waals surface area contributed by atoms with E-state index in [0.29, 0.717) is 5.56 Å². The molecular formula is C11H11BrO3S. The minimum atomic E-state index is -0.990. The second kappa shape index (κ2) is 6.06. The van der Waals surface area contributed by atoms with Gasteiger partial charge in [0.15, 0.2) is 5.78 Å². The first-order valence-electron chi connectivity index (χ1n) is 4.58. The van der Waals surface area contributed by atoms with Crippen molar-refractivity contribution in [3.63, 3.8) is 0 Å². The second-order valence-corrected chi connectivity index (χ2v) is 5.14. The summed E-state index contributed by atoms with van der Waals surface area (Å²) < 4.78 is 0. The maximum absolute atomic E-state index is 11.8. The van der Waals surface area contributed by atoms with Gasteiger partial charge in [0, 0.05) is 10.5 Å². The summed E-state index contributed by atoms with van der Waals surface area (Å²) in [6, 6.07) is 7.12. The molecular weight excluding hydrogens is 292 g/mol. The van der Waals surface area contributed by atoms with Crippen LogP contribution in [0.3, 0.4) is 0 Å². The van der Waals surface area contributed by atoms with Crippen molar-refractivity contribution >= 4 is 39.4 Å². The normalized spacial score (nSPS) is 12.1. The Kier molecular flexibility index (Phi) is 5.02. The largest absolute Gasteiger partial charge is 0.481 e. The average molecular weight is 303 g/mol. The number of thioether (sulfide) groups is 1. The van der Waals surface area contributed by atoms with E-state index in [1.807, 2.05) is 18.4 Å². The fraction of sp³-hybridized carbons (Fsp3) is 0.273. The summed E-state index contributed by atoms with van der Waals surface area (Å²) in [5, 5.41) is 8.58. The molecule has 1 unspecified atom stereocenters. The maximum atomic E-state index is 11.8. The van der Waals surface area contributed by atoms with Crippen molar-refractivity contribution in [2.24, 2.45) is 0 Å². The minimum absolute atomic E-state index is 0.199. The van der Waals surface area contributed by atoms with E-state index in [4.69, 9.17) is 5.11 Å². The van der Waals surface area contributed by atoms with Gasteiger partial charge >= 0.3 is 5.97 Å². The van der Waals surface area contributed by atoms with Gasteiger partial charge in [-0.05, 0) is 18.4 Å². The van der Waals surface area contributed by atoms with Crippen LogP contribution in [0.4, 0.5) is 0 Å². The highest BCUT2D eigenvalue weighted by molar-refractivity contribution is 9.10. The van der Waals surface area contributed by atoms with Gasteiger partial charge in [0.1, 0.15) is 0 Å². The summed E-state index contributed by atoms with van der Waals surface area (Å²) >= 11 is 4.67. The fourth-order valence-corrected chi connectivity index (χ4v) is 2.13. The SMILES string of the molecule is CSc1ccc(C(=O)C(Br)CC(=O)O)cc1. The summed E-state index contributed by atoms with van der Waals surface area (Å²) in [5.41, 5.74) is 0.529. The van der Waals surface area contributed by atoms with Crippen molar-refractivity contribution in [1.82, 2.24) is 0 Å². The molecule has 5 heteroatoms. The highest BCUT2D eigenvalue weighted by atomic mass is 79.9. The van der Waals surface area contributed by atoms with Gasteiger partial charge in [-0.25, -0.2) is 0 Å². The first kappa shape index (κ1) is 13.3. The van der Waals surface area contributed by atoms with E-state index in [1.54, 1.807) is 23.9 Å². The number of carboxylic acid groups (broad SMARTS) is 1. The Bertz CT molecular complexity index is 389. The van der Waals surface area contributed by atoms with Gasteiger partial charge in [-0.3, -0.25) is 9.59 Å². The third-order valence-electron chi connectivity index (χ3n) is 2.01. The fourth-order valence-electron chi connectivity index (χ4n) is 1.18. The Morgan fingerprint density at radius 1 is 1.38 bits per heavy atom. The van der Waals surface area contributed by atoms with E-state index in [1.165, 1.54) is 0 Å². The van der Waals surface area contributed by atoms with E-state index in [-0.39, 0.29) is 12.2 Å². The van der Waals surface area contributed by atoms with Crippen LogP contribution in [0.15, 0.2) is 29.2 Å². The number of carboxylic acids is 1. The van der Waals surface area contributed by atoms with E-state index in [2.05, 4.69) is 15.9 Å². The third-order valence-corrected chi connectivity index (χ3v) is 3.50. The summed E-state index contributed by atoms with van der Waals surface area (Å²) in [4.78, 5) is 22.6. The van der Waals surface area contributed by atoms with Crippen molar-refractivity contribution in [3.05, 3.63) is 29.8 Å². The van der Waals surface area contributed by atoms with Crippen LogP contribution in [0.1, 0.15) is 16.8 Å². The van der Waals surface area contributed by atoms with Crippen LogP contribution >= 0.6 is 27.7 Å². The maximum Gasteiger partial charge on any atom is 0.304 e. The lowest BCUT2D eigenvalue weighted by Gasteiger charge is -2.06. The van der Waals surface area contributed by atoms with E-state index >= 15 is 0 Å². The van der Waals surface area contributed by atoms with Gasteiger partial charge in [-0.15, -0.1) is 11.8 Å². The number of hydrogen-bond donors (Lipinski definition) is 1. The molecule has 1 aromatic rings. The Morgan fingerprint density at radius 3 is 2.38 bits per heavy atom.